The van der Waals surface area contributed by atoms with E-state index in [1.54, 1.807) is 13.2 Å². The summed E-state index contributed by atoms with van der Waals surface area (Å²) >= 11 is 0. The molecule has 1 heterocycles. The third-order valence-electron chi connectivity index (χ3n) is 3.97. The van der Waals surface area contributed by atoms with Gasteiger partial charge in [0.05, 0.1) is 0 Å². The minimum Gasteiger partial charge on any atom is -0.490 e. The standard InChI is InChI=1S/C18H25N3O3/c1-14-7-4-5-8-16(14)24-13-15(22)18(23)21(3)11-6-9-17-19-10-12-20(17)2/h4-5,7-8,10,12,15,22H,6,9,11,13H2,1-3H3/t15-/m0/s1. The van der Waals surface area contributed by atoms with E-state index in [0.29, 0.717) is 12.3 Å². The van der Waals surface area contributed by atoms with Crippen molar-refractivity contribution >= 4 is 5.91 Å². The second-order valence-electron chi connectivity index (χ2n) is 5.91. The van der Waals surface area contributed by atoms with Gasteiger partial charge in [-0.15, -0.1) is 0 Å². The van der Waals surface area contributed by atoms with Crippen LogP contribution in [0.3, 0.4) is 0 Å². The molecule has 0 bridgehead atoms. The zero-order valence-electron chi connectivity index (χ0n) is 14.5. The SMILES string of the molecule is Cc1ccccc1OC[C@H](O)C(=O)N(C)CCCc1nccn1C. The molecule has 0 spiro atoms. The molecule has 0 aliphatic heterocycles. The van der Waals surface area contributed by atoms with Crippen LogP contribution in [-0.4, -0.2) is 51.8 Å². The first-order chi connectivity index (χ1) is 11.5. The predicted octanol–water partition coefficient (Wildman–Crippen LogP) is 1.56. The molecule has 1 aromatic carbocycles. The molecular formula is C18H25N3O3. The fourth-order valence-electron chi connectivity index (χ4n) is 2.43. The van der Waals surface area contributed by atoms with Crippen LogP contribution in [0.5, 0.6) is 5.75 Å². The molecule has 2 aromatic rings. The van der Waals surface area contributed by atoms with E-state index in [4.69, 9.17) is 4.74 Å². The zero-order valence-corrected chi connectivity index (χ0v) is 14.5. The fraction of sp³-hybridized carbons (Fsp3) is 0.444. The van der Waals surface area contributed by atoms with E-state index >= 15 is 0 Å². The normalized spacial score (nSPS) is 12.0. The summed E-state index contributed by atoms with van der Waals surface area (Å²) in [5.74, 6) is 1.34. The van der Waals surface area contributed by atoms with Gasteiger partial charge in [0.1, 0.15) is 18.2 Å². The van der Waals surface area contributed by atoms with Crippen LogP contribution in [0.1, 0.15) is 17.8 Å². The van der Waals surface area contributed by atoms with Gasteiger partial charge in [-0.05, 0) is 25.0 Å². The Morgan fingerprint density at radius 3 is 2.83 bits per heavy atom. The van der Waals surface area contributed by atoms with Gasteiger partial charge in [-0.25, -0.2) is 4.98 Å². The summed E-state index contributed by atoms with van der Waals surface area (Å²) in [5.41, 5.74) is 0.973. The summed E-state index contributed by atoms with van der Waals surface area (Å²) in [5, 5.41) is 10.0. The third kappa shape index (κ3) is 4.83. The zero-order chi connectivity index (χ0) is 17.5. The molecule has 1 aromatic heterocycles. The lowest BCUT2D eigenvalue weighted by Crippen LogP contribution is -2.40. The number of aliphatic hydroxyl groups is 1. The molecule has 1 amide bonds. The number of ether oxygens (including phenoxy) is 1. The van der Waals surface area contributed by atoms with E-state index in [1.807, 2.05) is 49.0 Å². The highest BCUT2D eigenvalue weighted by Gasteiger charge is 2.20. The van der Waals surface area contributed by atoms with Gasteiger partial charge >= 0.3 is 0 Å². The second-order valence-corrected chi connectivity index (χ2v) is 5.91. The van der Waals surface area contributed by atoms with Crippen LogP contribution in [0.15, 0.2) is 36.7 Å². The Hall–Kier alpha value is -2.34. The number of aromatic nitrogens is 2. The van der Waals surface area contributed by atoms with Crippen molar-refractivity contribution in [1.29, 1.82) is 0 Å². The maximum Gasteiger partial charge on any atom is 0.254 e. The van der Waals surface area contributed by atoms with Gasteiger partial charge < -0.3 is 19.3 Å². The van der Waals surface area contributed by atoms with Crippen molar-refractivity contribution in [3.63, 3.8) is 0 Å². The first kappa shape index (κ1) is 18.0. The van der Waals surface area contributed by atoms with E-state index < -0.39 is 6.10 Å². The molecule has 6 nitrogen and oxygen atoms in total. The molecule has 0 unspecified atom stereocenters. The van der Waals surface area contributed by atoms with Gasteiger partial charge in [-0.2, -0.15) is 0 Å². The molecule has 0 aliphatic carbocycles. The Labute approximate surface area is 142 Å². The Morgan fingerprint density at radius 1 is 1.42 bits per heavy atom. The molecule has 24 heavy (non-hydrogen) atoms. The summed E-state index contributed by atoms with van der Waals surface area (Å²) in [7, 11) is 3.64. The molecule has 0 radical (unpaired) electrons. The van der Waals surface area contributed by atoms with Crippen molar-refractivity contribution in [3.05, 3.63) is 48.0 Å². The monoisotopic (exact) mass is 331 g/mol. The van der Waals surface area contributed by atoms with Crippen molar-refractivity contribution in [2.24, 2.45) is 7.05 Å². The summed E-state index contributed by atoms with van der Waals surface area (Å²) in [6.45, 7) is 2.44. The molecule has 0 fully saturated rings. The Balaban J connectivity index is 1.75. The molecule has 130 valence electrons. The number of aryl methyl sites for hydroxylation is 3. The highest BCUT2D eigenvalue weighted by molar-refractivity contribution is 5.80. The maximum absolute atomic E-state index is 12.2. The minimum absolute atomic E-state index is 0.0482. The number of hydrogen-bond donors (Lipinski definition) is 1. The summed E-state index contributed by atoms with van der Waals surface area (Å²) < 4.78 is 7.50. The van der Waals surface area contributed by atoms with Crippen LogP contribution in [0.25, 0.3) is 0 Å². The number of likely N-dealkylation sites (N-methyl/N-ethyl adjacent to an activating group) is 1. The molecule has 1 N–H and O–H groups in total. The number of carbonyl (C=O) groups excluding carboxylic acids is 1. The van der Waals surface area contributed by atoms with Crippen molar-refractivity contribution < 1.29 is 14.6 Å². The maximum atomic E-state index is 12.2. The third-order valence-corrected chi connectivity index (χ3v) is 3.97. The molecule has 2 rings (SSSR count). The predicted molar refractivity (Wildman–Crippen MR) is 91.8 cm³/mol. The second kappa shape index (κ2) is 8.49. The Bertz CT molecular complexity index is 669. The molecule has 1 atom stereocenters. The van der Waals surface area contributed by atoms with Gasteiger partial charge in [-0.3, -0.25) is 4.79 Å². The van der Waals surface area contributed by atoms with Crippen LogP contribution in [0.2, 0.25) is 0 Å². The van der Waals surface area contributed by atoms with Crippen LogP contribution in [0.4, 0.5) is 0 Å². The smallest absolute Gasteiger partial charge is 0.254 e. The van der Waals surface area contributed by atoms with E-state index in [2.05, 4.69) is 4.98 Å². The summed E-state index contributed by atoms with van der Waals surface area (Å²) in [6, 6.07) is 7.52. The van der Waals surface area contributed by atoms with Crippen molar-refractivity contribution in [2.75, 3.05) is 20.2 Å². The minimum atomic E-state index is -1.16. The number of para-hydroxylation sites is 1. The topological polar surface area (TPSA) is 67.6 Å². The Kier molecular flexibility index (Phi) is 6.37. The summed E-state index contributed by atoms with van der Waals surface area (Å²) in [4.78, 5) is 18.0. The number of aliphatic hydroxyl groups excluding tert-OH is 1. The average molecular weight is 331 g/mol. The molecule has 0 saturated carbocycles. The number of nitrogens with zero attached hydrogens (tertiary/aromatic N) is 3. The van der Waals surface area contributed by atoms with Crippen LogP contribution < -0.4 is 4.74 Å². The van der Waals surface area contributed by atoms with Crippen molar-refractivity contribution in [1.82, 2.24) is 14.5 Å². The summed E-state index contributed by atoms with van der Waals surface area (Å²) in [6.07, 6.45) is 4.08. The van der Waals surface area contributed by atoms with E-state index in [1.165, 1.54) is 4.90 Å². The van der Waals surface area contributed by atoms with E-state index in [0.717, 1.165) is 24.2 Å². The number of amides is 1. The van der Waals surface area contributed by atoms with E-state index in [9.17, 15) is 9.90 Å². The van der Waals surface area contributed by atoms with Crippen molar-refractivity contribution in [2.45, 2.75) is 25.9 Å². The first-order valence-corrected chi connectivity index (χ1v) is 8.06. The average Bonchev–Trinajstić information content (AvgIpc) is 2.98. The number of carbonyl (C=O) groups is 1. The number of benzene rings is 1. The van der Waals surface area contributed by atoms with Gasteiger partial charge in [0.2, 0.25) is 0 Å². The number of hydrogen-bond acceptors (Lipinski definition) is 4. The van der Waals surface area contributed by atoms with Crippen LogP contribution in [-0.2, 0) is 18.3 Å². The molecule has 6 heteroatoms. The van der Waals surface area contributed by atoms with E-state index in [-0.39, 0.29) is 12.5 Å². The van der Waals surface area contributed by atoms with Gasteiger partial charge in [0.15, 0.2) is 6.10 Å². The number of rotatable bonds is 8. The van der Waals surface area contributed by atoms with Crippen LogP contribution >= 0.6 is 0 Å². The Morgan fingerprint density at radius 2 is 2.17 bits per heavy atom. The van der Waals surface area contributed by atoms with Crippen LogP contribution in [0, 0.1) is 6.92 Å². The first-order valence-electron chi connectivity index (χ1n) is 8.06. The fourth-order valence-corrected chi connectivity index (χ4v) is 2.43. The quantitative estimate of drug-likeness (QED) is 0.797. The lowest BCUT2D eigenvalue weighted by atomic mass is 10.2. The molecular weight excluding hydrogens is 306 g/mol. The number of imidazole rings is 1. The lowest BCUT2D eigenvalue weighted by Gasteiger charge is -2.21. The molecule has 0 saturated heterocycles. The largest absolute Gasteiger partial charge is 0.490 e. The van der Waals surface area contributed by atoms with Gasteiger partial charge in [-0.1, -0.05) is 18.2 Å². The highest BCUT2D eigenvalue weighted by atomic mass is 16.5. The highest BCUT2D eigenvalue weighted by Crippen LogP contribution is 2.16. The molecule has 0 aliphatic rings. The van der Waals surface area contributed by atoms with Crippen molar-refractivity contribution in [3.8, 4) is 5.75 Å². The van der Waals surface area contributed by atoms with Gasteiger partial charge in [0, 0.05) is 39.5 Å². The van der Waals surface area contributed by atoms with Gasteiger partial charge in [0.25, 0.3) is 5.91 Å². The lowest BCUT2D eigenvalue weighted by molar-refractivity contribution is -0.140.